The number of fused-ring (bicyclic) bond motifs is 1. The molecule has 0 radical (unpaired) electrons. The lowest BCUT2D eigenvalue weighted by Gasteiger charge is -2.16. The lowest BCUT2D eigenvalue weighted by Crippen LogP contribution is -2.17. The number of benzene rings is 2. The Balaban J connectivity index is 1.77. The number of H-pyrrole nitrogens is 1. The minimum Gasteiger partial charge on any atom is -0.355 e. The second-order valence-electron chi connectivity index (χ2n) is 7.00. The fraction of sp³-hybridized carbons (Fsp3) is 0.130. The molecule has 0 saturated heterocycles. The van der Waals surface area contributed by atoms with Crippen LogP contribution in [0.25, 0.3) is 22.2 Å². The lowest BCUT2D eigenvalue weighted by atomic mass is 9.92. The molecule has 4 rings (SSSR count). The van der Waals surface area contributed by atoms with Crippen LogP contribution in [0.1, 0.15) is 34.3 Å². The zero-order chi connectivity index (χ0) is 21.4. The van der Waals surface area contributed by atoms with Crippen molar-refractivity contribution >= 4 is 40.1 Å². The van der Waals surface area contributed by atoms with Gasteiger partial charge in [-0.1, -0.05) is 42.3 Å². The molecule has 0 aliphatic rings. The number of amides is 1. The molecule has 2 aromatic heterocycles. The first kappa shape index (κ1) is 20.4. The summed E-state index contributed by atoms with van der Waals surface area (Å²) >= 11 is 12.6. The number of halogens is 3. The molecule has 4 nitrogen and oxygen atoms in total. The van der Waals surface area contributed by atoms with E-state index in [9.17, 15) is 9.18 Å². The van der Waals surface area contributed by atoms with Gasteiger partial charge in [0.15, 0.2) is 0 Å². The second kappa shape index (κ2) is 8.09. The van der Waals surface area contributed by atoms with Crippen molar-refractivity contribution in [2.24, 2.45) is 0 Å². The van der Waals surface area contributed by atoms with Crippen LogP contribution in [0.4, 0.5) is 4.39 Å². The Bertz CT molecular complexity index is 1250. The number of aromatic amines is 1. The molecule has 2 N–H and O–H groups in total. The highest BCUT2D eigenvalue weighted by Gasteiger charge is 2.21. The molecule has 0 aliphatic heterocycles. The van der Waals surface area contributed by atoms with Crippen molar-refractivity contribution in [3.05, 3.63) is 87.4 Å². The Morgan fingerprint density at radius 1 is 1.13 bits per heavy atom. The molecule has 0 spiro atoms. The number of pyridine rings is 1. The van der Waals surface area contributed by atoms with Gasteiger partial charge in [0.1, 0.15) is 11.5 Å². The first-order valence-corrected chi connectivity index (χ1v) is 10.1. The highest BCUT2D eigenvalue weighted by molar-refractivity contribution is 6.36. The molecule has 0 aliphatic carbocycles. The number of nitrogens with zero attached hydrogens (tertiary/aromatic N) is 1. The van der Waals surface area contributed by atoms with Crippen molar-refractivity contribution in [3.8, 4) is 11.1 Å². The number of hydrogen-bond donors (Lipinski definition) is 2. The third-order valence-electron chi connectivity index (χ3n) is 5.25. The molecule has 1 amide bonds. The number of carbonyl (C=O) groups is 1. The van der Waals surface area contributed by atoms with E-state index in [0.29, 0.717) is 21.8 Å². The van der Waals surface area contributed by atoms with Crippen molar-refractivity contribution in [2.45, 2.75) is 12.8 Å². The number of nitrogens with one attached hydrogen (secondary N) is 2. The van der Waals surface area contributed by atoms with Gasteiger partial charge in [-0.25, -0.2) is 9.37 Å². The zero-order valence-electron chi connectivity index (χ0n) is 16.3. The van der Waals surface area contributed by atoms with E-state index in [4.69, 9.17) is 23.2 Å². The maximum absolute atomic E-state index is 14.0. The summed E-state index contributed by atoms with van der Waals surface area (Å²) in [5.74, 6) is -0.888. The Labute approximate surface area is 183 Å². The Kier molecular flexibility index (Phi) is 5.50. The normalized spacial score (nSPS) is 12.2. The van der Waals surface area contributed by atoms with E-state index in [1.807, 2.05) is 31.3 Å². The van der Waals surface area contributed by atoms with E-state index in [1.165, 1.54) is 12.1 Å². The maximum atomic E-state index is 14.0. The summed E-state index contributed by atoms with van der Waals surface area (Å²) in [6.07, 6.45) is 3.61. The molecule has 0 fully saturated rings. The van der Waals surface area contributed by atoms with E-state index in [0.717, 1.165) is 22.1 Å². The van der Waals surface area contributed by atoms with Gasteiger partial charge >= 0.3 is 0 Å². The van der Waals surface area contributed by atoms with E-state index in [2.05, 4.69) is 15.3 Å². The molecule has 0 bridgehead atoms. The van der Waals surface area contributed by atoms with Crippen molar-refractivity contribution in [3.63, 3.8) is 0 Å². The smallest absolute Gasteiger partial charge is 0.251 e. The Morgan fingerprint density at radius 2 is 1.87 bits per heavy atom. The Hall–Kier alpha value is -2.89. The monoisotopic (exact) mass is 441 g/mol. The van der Waals surface area contributed by atoms with Crippen LogP contribution in [-0.4, -0.2) is 22.9 Å². The van der Waals surface area contributed by atoms with Crippen molar-refractivity contribution in [1.82, 2.24) is 15.3 Å². The summed E-state index contributed by atoms with van der Waals surface area (Å²) in [6, 6.07) is 12.1. The molecular formula is C23H18Cl2FN3O. The standard InChI is InChI=1S/C23H18Cl2FN3O/c1-12(20-18(24)7-8-19(26)21(20)25)17-11-29-22-16(17)9-15(10-28-22)13-3-5-14(6-4-13)23(30)27-2/h3-12H,1-2H3,(H,27,30)(H,28,29). The minimum absolute atomic E-state index is 0.0262. The molecule has 2 heterocycles. The summed E-state index contributed by atoms with van der Waals surface area (Å²) in [5, 5.41) is 3.94. The van der Waals surface area contributed by atoms with Gasteiger partial charge in [-0.2, -0.15) is 0 Å². The SMILES string of the molecule is CNC(=O)c1ccc(-c2cnc3[nH]cc(C(C)c4c(Cl)ccc(F)c4Cl)c3c2)cc1. The molecule has 152 valence electrons. The quantitative estimate of drug-likeness (QED) is 0.371. The largest absolute Gasteiger partial charge is 0.355 e. The highest BCUT2D eigenvalue weighted by Crippen LogP contribution is 2.39. The molecule has 7 heteroatoms. The molecular weight excluding hydrogens is 424 g/mol. The molecule has 0 saturated carbocycles. The van der Waals surface area contributed by atoms with Crippen LogP contribution in [0.3, 0.4) is 0 Å². The van der Waals surface area contributed by atoms with Gasteiger partial charge in [0.25, 0.3) is 5.91 Å². The molecule has 2 aromatic carbocycles. The summed E-state index contributed by atoms with van der Waals surface area (Å²) in [6.45, 7) is 1.93. The topological polar surface area (TPSA) is 57.8 Å². The third kappa shape index (κ3) is 3.55. The predicted molar refractivity (Wildman–Crippen MR) is 119 cm³/mol. The van der Waals surface area contributed by atoms with E-state index in [-0.39, 0.29) is 16.8 Å². The van der Waals surface area contributed by atoms with Crippen molar-refractivity contribution in [1.29, 1.82) is 0 Å². The average molecular weight is 442 g/mol. The molecule has 1 atom stereocenters. The van der Waals surface area contributed by atoms with E-state index in [1.54, 1.807) is 25.4 Å². The predicted octanol–water partition coefficient (Wildman–Crippen LogP) is 6.19. The van der Waals surface area contributed by atoms with Crippen LogP contribution in [-0.2, 0) is 0 Å². The van der Waals surface area contributed by atoms with Gasteiger partial charge in [0.2, 0.25) is 0 Å². The lowest BCUT2D eigenvalue weighted by molar-refractivity contribution is 0.0963. The summed E-state index contributed by atoms with van der Waals surface area (Å²) in [7, 11) is 1.60. The Morgan fingerprint density at radius 3 is 2.57 bits per heavy atom. The van der Waals surface area contributed by atoms with Crippen molar-refractivity contribution in [2.75, 3.05) is 7.05 Å². The zero-order valence-corrected chi connectivity index (χ0v) is 17.8. The van der Waals surface area contributed by atoms with Gasteiger partial charge in [-0.05, 0) is 47.0 Å². The maximum Gasteiger partial charge on any atom is 0.251 e. The third-order valence-corrected chi connectivity index (χ3v) is 5.96. The van der Waals surface area contributed by atoms with Crippen molar-refractivity contribution < 1.29 is 9.18 Å². The van der Waals surface area contributed by atoms with E-state index < -0.39 is 5.82 Å². The van der Waals surface area contributed by atoms with Crippen LogP contribution in [0.2, 0.25) is 10.0 Å². The van der Waals surface area contributed by atoms with Crippen LogP contribution in [0, 0.1) is 5.82 Å². The fourth-order valence-electron chi connectivity index (χ4n) is 3.59. The number of rotatable bonds is 4. The molecule has 30 heavy (non-hydrogen) atoms. The summed E-state index contributed by atoms with van der Waals surface area (Å²) in [5.41, 5.74) is 4.58. The number of hydrogen-bond acceptors (Lipinski definition) is 2. The minimum atomic E-state index is -0.502. The van der Waals surface area contributed by atoms with Crippen LogP contribution < -0.4 is 5.32 Å². The van der Waals surface area contributed by atoms with Gasteiger partial charge in [-0.15, -0.1) is 0 Å². The van der Waals surface area contributed by atoms with Gasteiger partial charge < -0.3 is 10.3 Å². The first-order valence-electron chi connectivity index (χ1n) is 9.33. The van der Waals surface area contributed by atoms with Crippen LogP contribution in [0.5, 0.6) is 0 Å². The van der Waals surface area contributed by atoms with Gasteiger partial charge in [0.05, 0.1) is 5.02 Å². The van der Waals surface area contributed by atoms with Gasteiger partial charge in [0, 0.05) is 46.9 Å². The molecule has 4 aromatic rings. The highest BCUT2D eigenvalue weighted by atomic mass is 35.5. The number of carbonyl (C=O) groups excluding carboxylic acids is 1. The van der Waals surface area contributed by atoms with Crippen LogP contribution in [0.15, 0.2) is 54.9 Å². The average Bonchev–Trinajstić information content (AvgIpc) is 3.19. The molecule has 1 unspecified atom stereocenters. The fourth-order valence-corrected chi connectivity index (χ4v) is 4.29. The van der Waals surface area contributed by atoms with Crippen LogP contribution >= 0.6 is 23.2 Å². The van der Waals surface area contributed by atoms with E-state index >= 15 is 0 Å². The summed E-state index contributed by atoms with van der Waals surface area (Å²) < 4.78 is 14.0. The second-order valence-corrected chi connectivity index (χ2v) is 7.78. The first-order chi connectivity index (χ1) is 14.4. The summed E-state index contributed by atoms with van der Waals surface area (Å²) in [4.78, 5) is 19.4. The van der Waals surface area contributed by atoms with Gasteiger partial charge in [-0.3, -0.25) is 4.79 Å². The number of aromatic nitrogens is 2.